The summed E-state index contributed by atoms with van der Waals surface area (Å²) >= 11 is 0. The molecule has 4 aliphatic carbocycles. The number of carbonyl (C=O) groups excluding carboxylic acids is 1. The van der Waals surface area contributed by atoms with E-state index >= 15 is 0 Å². The number of nitrogens with zero attached hydrogens (tertiary/aromatic N) is 3. The maximum absolute atomic E-state index is 12.2. The smallest absolute Gasteiger partial charge is 0.306 e. The molecular formula is C30H49N3O2. The van der Waals surface area contributed by atoms with E-state index in [1.807, 2.05) is 0 Å². The molecule has 196 valence electrons. The lowest BCUT2D eigenvalue weighted by molar-refractivity contribution is -0.151. The summed E-state index contributed by atoms with van der Waals surface area (Å²) in [7, 11) is 0. The van der Waals surface area contributed by atoms with Crippen LogP contribution in [0.2, 0.25) is 0 Å². The fourth-order valence-corrected chi connectivity index (χ4v) is 9.18. The van der Waals surface area contributed by atoms with Crippen molar-refractivity contribution in [1.82, 2.24) is 0 Å². The van der Waals surface area contributed by atoms with Crippen LogP contribution in [-0.2, 0) is 9.53 Å². The van der Waals surface area contributed by atoms with E-state index in [1.54, 1.807) is 5.57 Å². The molecule has 5 nitrogen and oxygen atoms in total. The van der Waals surface area contributed by atoms with Gasteiger partial charge in [-0.15, -0.1) is 0 Å². The number of rotatable bonds is 9. The molecule has 0 aromatic carbocycles. The highest BCUT2D eigenvalue weighted by molar-refractivity contribution is 5.69. The van der Waals surface area contributed by atoms with Crippen molar-refractivity contribution >= 4 is 5.97 Å². The molecule has 5 heteroatoms. The van der Waals surface area contributed by atoms with Crippen LogP contribution in [0.5, 0.6) is 0 Å². The van der Waals surface area contributed by atoms with Gasteiger partial charge >= 0.3 is 5.97 Å². The zero-order valence-corrected chi connectivity index (χ0v) is 23.0. The summed E-state index contributed by atoms with van der Waals surface area (Å²) < 4.78 is 5.78. The quantitative estimate of drug-likeness (QED) is 0.108. The highest BCUT2D eigenvalue weighted by Gasteiger charge is 2.59. The number of fused-ring (bicyclic) bond motifs is 5. The third-order valence-electron chi connectivity index (χ3n) is 11.0. The first-order valence-corrected chi connectivity index (χ1v) is 14.6. The fourth-order valence-electron chi connectivity index (χ4n) is 9.18. The van der Waals surface area contributed by atoms with Crippen molar-refractivity contribution in [3.63, 3.8) is 0 Å². The first kappa shape index (κ1) is 26.6. The van der Waals surface area contributed by atoms with Crippen LogP contribution in [0.15, 0.2) is 16.8 Å². The second kappa shape index (κ2) is 10.9. The molecule has 0 unspecified atom stereocenters. The average molecular weight is 484 g/mol. The molecule has 0 heterocycles. The predicted molar refractivity (Wildman–Crippen MR) is 142 cm³/mol. The zero-order chi connectivity index (χ0) is 25.2. The van der Waals surface area contributed by atoms with Gasteiger partial charge in [-0.1, -0.05) is 70.6 Å². The summed E-state index contributed by atoms with van der Waals surface area (Å²) in [6.07, 6.45) is 16.8. The fraction of sp³-hybridized carbons (Fsp3) is 0.900. The Morgan fingerprint density at radius 1 is 1.14 bits per heavy atom. The highest BCUT2D eigenvalue weighted by Crippen LogP contribution is 2.67. The second-order valence-electron chi connectivity index (χ2n) is 13.3. The molecule has 0 radical (unpaired) electrons. The molecule has 8 atom stereocenters. The molecule has 0 aliphatic heterocycles. The molecule has 3 fully saturated rings. The Hall–Kier alpha value is -1.48. The molecule has 4 aliphatic rings. The maximum atomic E-state index is 12.2. The first-order chi connectivity index (χ1) is 16.7. The Balaban J connectivity index is 1.40. The molecule has 0 N–H and O–H groups in total. The minimum absolute atomic E-state index is 0.0131. The van der Waals surface area contributed by atoms with Gasteiger partial charge in [0.2, 0.25) is 0 Å². The first-order valence-electron chi connectivity index (χ1n) is 14.6. The van der Waals surface area contributed by atoms with Gasteiger partial charge in [-0.05, 0) is 96.8 Å². The van der Waals surface area contributed by atoms with Crippen molar-refractivity contribution in [1.29, 1.82) is 0 Å². The largest absolute Gasteiger partial charge is 0.462 e. The SMILES string of the molecule is CC(C)CCC[C@@H](C)[C@H]1CC[C@H]2[C@@H]3CC=C4C[C@@H](OC(=O)CCN=[N+]=[N-])CC[C@]4(C)[C@H]3CC[C@]12C. The molecule has 0 aromatic heterocycles. The minimum atomic E-state index is -0.228. The van der Waals surface area contributed by atoms with Crippen molar-refractivity contribution in [3.05, 3.63) is 22.1 Å². The Labute approximate surface area is 213 Å². The predicted octanol–water partition coefficient (Wildman–Crippen LogP) is 8.64. The number of hydrogen-bond acceptors (Lipinski definition) is 3. The molecule has 0 saturated heterocycles. The van der Waals surface area contributed by atoms with E-state index in [0.717, 1.165) is 54.8 Å². The van der Waals surface area contributed by atoms with Crippen LogP contribution in [0.1, 0.15) is 112 Å². The monoisotopic (exact) mass is 483 g/mol. The highest BCUT2D eigenvalue weighted by atomic mass is 16.5. The molecule has 35 heavy (non-hydrogen) atoms. The molecule has 0 bridgehead atoms. The van der Waals surface area contributed by atoms with Crippen molar-refractivity contribution in [3.8, 4) is 0 Å². The van der Waals surface area contributed by atoms with Gasteiger partial charge in [0.05, 0.1) is 6.42 Å². The van der Waals surface area contributed by atoms with Crippen LogP contribution in [0, 0.1) is 46.3 Å². The standard InChI is InChI=1S/C30H49N3O2/c1-20(2)7-6-8-21(3)25-11-12-26-24-10-9-22-19-23(35-28(34)15-18-32-33-31)13-16-29(22,4)27(24)14-17-30(25,26)5/h9,20-21,23-27H,6-8,10-19H2,1-5H3/t21-,23+,24+,25-,26+,27+,29+,30-/m1/s1. The second-order valence-corrected chi connectivity index (χ2v) is 13.3. The number of hydrogen-bond donors (Lipinski definition) is 0. The Morgan fingerprint density at radius 2 is 1.94 bits per heavy atom. The number of esters is 1. The van der Waals surface area contributed by atoms with Crippen LogP contribution >= 0.6 is 0 Å². The molecular weight excluding hydrogens is 434 g/mol. The van der Waals surface area contributed by atoms with Gasteiger partial charge in [0.1, 0.15) is 6.10 Å². The third-order valence-corrected chi connectivity index (χ3v) is 11.0. The van der Waals surface area contributed by atoms with E-state index in [1.165, 1.54) is 51.4 Å². The van der Waals surface area contributed by atoms with Gasteiger partial charge in [0.15, 0.2) is 0 Å². The Morgan fingerprint density at radius 3 is 2.69 bits per heavy atom. The number of carbonyl (C=O) groups is 1. The lowest BCUT2D eigenvalue weighted by atomic mass is 9.47. The average Bonchev–Trinajstić information content (AvgIpc) is 3.16. The van der Waals surface area contributed by atoms with Crippen LogP contribution in [-0.4, -0.2) is 18.6 Å². The van der Waals surface area contributed by atoms with Crippen LogP contribution in [0.3, 0.4) is 0 Å². The van der Waals surface area contributed by atoms with Crippen LogP contribution in [0.4, 0.5) is 0 Å². The summed E-state index contributed by atoms with van der Waals surface area (Å²) in [5.41, 5.74) is 10.8. The molecule has 3 saturated carbocycles. The zero-order valence-electron chi connectivity index (χ0n) is 23.0. The van der Waals surface area contributed by atoms with Crippen molar-refractivity contribution < 1.29 is 9.53 Å². The van der Waals surface area contributed by atoms with Crippen molar-refractivity contribution in [2.45, 2.75) is 118 Å². The third kappa shape index (κ3) is 5.31. The van der Waals surface area contributed by atoms with E-state index in [9.17, 15) is 4.79 Å². The Bertz CT molecular complexity index is 847. The Kier molecular flexibility index (Phi) is 8.25. The van der Waals surface area contributed by atoms with Gasteiger partial charge in [0, 0.05) is 17.9 Å². The number of azide groups is 1. The molecule has 0 spiro atoms. The van der Waals surface area contributed by atoms with E-state index in [-0.39, 0.29) is 30.5 Å². The normalized spacial score (nSPS) is 39.0. The maximum Gasteiger partial charge on any atom is 0.306 e. The summed E-state index contributed by atoms with van der Waals surface area (Å²) in [6.45, 7) is 12.6. The lowest BCUT2D eigenvalue weighted by Crippen LogP contribution is -2.51. The van der Waals surface area contributed by atoms with E-state index in [4.69, 9.17) is 10.3 Å². The van der Waals surface area contributed by atoms with Crippen molar-refractivity contribution in [2.24, 2.45) is 51.5 Å². The summed E-state index contributed by atoms with van der Waals surface area (Å²) in [4.78, 5) is 14.9. The van der Waals surface area contributed by atoms with Gasteiger partial charge in [-0.25, -0.2) is 0 Å². The van der Waals surface area contributed by atoms with E-state index in [2.05, 4.69) is 50.7 Å². The number of ether oxygens (including phenoxy) is 1. The number of allylic oxidation sites excluding steroid dienone is 1. The molecule has 4 rings (SSSR count). The summed E-state index contributed by atoms with van der Waals surface area (Å²) in [6, 6.07) is 0. The molecule has 0 aromatic rings. The summed E-state index contributed by atoms with van der Waals surface area (Å²) in [5, 5.41) is 3.46. The van der Waals surface area contributed by atoms with E-state index < -0.39 is 0 Å². The molecule has 0 amide bonds. The van der Waals surface area contributed by atoms with Crippen LogP contribution < -0.4 is 0 Å². The van der Waals surface area contributed by atoms with Crippen LogP contribution in [0.25, 0.3) is 10.4 Å². The van der Waals surface area contributed by atoms with Gasteiger partial charge in [0.25, 0.3) is 0 Å². The minimum Gasteiger partial charge on any atom is -0.462 e. The topological polar surface area (TPSA) is 75.1 Å². The van der Waals surface area contributed by atoms with Gasteiger partial charge in [-0.3, -0.25) is 4.79 Å². The van der Waals surface area contributed by atoms with Gasteiger partial charge in [-0.2, -0.15) is 0 Å². The summed E-state index contributed by atoms with van der Waals surface area (Å²) in [5.74, 6) is 4.85. The van der Waals surface area contributed by atoms with Crippen molar-refractivity contribution in [2.75, 3.05) is 6.54 Å². The lowest BCUT2D eigenvalue weighted by Gasteiger charge is -2.58. The van der Waals surface area contributed by atoms with E-state index in [0.29, 0.717) is 5.41 Å². The van der Waals surface area contributed by atoms with Gasteiger partial charge < -0.3 is 4.74 Å².